The molecule has 3 N–H and O–H groups in total. The molecule has 0 aromatic heterocycles. The molecule has 1 aromatic rings. The molecule has 2 rings (SSSR count). The van der Waals surface area contributed by atoms with Gasteiger partial charge in [0.05, 0.1) is 12.5 Å². The highest BCUT2D eigenvalue weighted by Gasteiger charge is 2.24. The molecular weight excluding hydrogens is 278 g/mol. The monoisotopic (exact) mass is 303 g/mol. The fourth-order valence-electron chi connectivity index (χ4n) is 2.86. The topological polar surface area (TPSA) is 75.4 Å². The van der Waals surface area contributed by atoms with Crippen molar-refractivity contribution in [3.8, 4) is 0 Å². The van der Waals surface area contributed by atoms with Crippen LogP contribution in [0.3, 0.4) is 0 Å². The van der Waals surface area contributed by atoms with Crippen molar-refractivity contribution in [1.29, 1.82) is 0 Å². The van der Waals surface area contributed by atoms with Crippen molar-refractivity contribution in [2.24, 2.45) is 11.7 Å². The molecule has 5 heteroatoms. The van der Waals surface area contributed by atoms with Gasteiger partial charge in [-0.2, -0.15) is 0 Å². The molecule has 0 saturated carbocycles. The van der Waals surface area contributed by atoms with Crippen LogP contribution < -0.4 is 11.1 Å². The lowest BCUT2D eigenvalue weighted by atomic mass is 9.97. The Bertz CT molecular complexity index is 490. The molecule has 0 bridgehead atoms. The molecule has 1 saturated heterocycles. The highest BCUT2D eigenvalue weighted by molar-refractivity contribution is 5.79. The van der Waals surface area contributed by atoms with Crippen molar-refractivity contribution in [1.82, 2.24) is 10.2 Å². The van der Waals surface area contributed by atoms with Crippen LogP contribution in [0.15, 0.2) is 30.3 Å². The predicted octanol–water partition coefficient (Wildman–Crippen LogP) is 0.933. The van der Waals surface area contributed by atoms with Crippen LogP contribution in [0.2, 0.25) is 0 Å². The summed E-state index contributed by atoms with van der Waals surface area (Å²) in [5, 5.41) is 2.95. The number of hydrogen-bond acceptors (Lipinski definition) is 3. The van der Waals surface area contributed by atoms with Gasteiger partial charge in [-0.25, -0.2) is 0 Å². The molecule has 22 heavy (non-hydrogen) atoms. The number of nitrogens with two attached hydrogens (primary N) is 1. The fraction of sp³-hybridized carbons (Fsp3) is 0.529. The van der Waals surface area contributed by atoms with Crippen LogP contribution >= 0.6 is 0 Å². The average molecular weight is 303 g/mol. The maximum atomic E-state index is 11.9. The van der Waals surface area contributed by atoms with E-state index in [1.54, 1.807) is 0 Å². The molecule has 1 fully saturated rings. The smallest absolute Gasteiger partial charge is 0.234 e. The number of piperidine rings is 1. The number of aryl methyl sites for hydroxylation is 1. The van der Waals surface area contributed by atoms with Gasteiger partial charge in [0, 0.05) is 13.1 Å². The van der Waals surface area contributed by atoms with E-state index in [4.69, 9.17) is 5.73 Å². The first-order chi connectivity index (χ1) is 10.6. The van der Waals surface area contributed by atoms with E-state index in [1.165, 1.54) is 5.56 Å². The third kappa shape index (κ3) is 5.48. The minimum atomic E-state index is -0.257. The molecule has 0 radical (unpaired) electrons. The fourth-order valence-corrected chi connectivity index (χ4v) is 2.86. The van der Waals surface area contributed by atoms with Gasteiger partial charge in [-0.1, -0.05) is 30.3 Å². The van der Waals surface area contributed by atoms with E-state index in [0.717, 1.165) is 32.2 Å². The molecule has 0 spiro atoms. The lowest BCUT2D eigenvalue weighted by Crippen LogP contribution is -2.45. The molecule has 5 nitrogen and oxygen atoms in total. The zero-order valence-electron chi connectivity index (χ0n) is 13.0. The maximum Gasteiger partial charge on any atom is 0.234 e. The Morgan fingerprint density at radius 3 is 2.77 bits per heavy atom. The van der Waals surface area contributed by atoms with Crippen LogP contribution in [0.5, 0.6) is 0 Å². The molecule has 0 unspecified atom stereocenters. The normalized spacial score (nSPS) is 18.8. The van der Waals surface area contributed by atoms with Gasteiger partial charge >= 0.3 is 0 Å². The zero-order valence-corrected chi connectivity index (χ0v) is 13.0. The number of carbonyl (C=O) groups is 2. The summed E-state index contributed by atoms with van der Waals surface area (Å²) in [5.41, 5.74) is 6.64. The molecule has 1 aliphatic rings. The molecule has 0 aliphatic carbocycles. The lowest BCUT2D eigenvalue weighted by molar-refractivity contribution is -0.126. The molecule has 1 aromatic carbocycles. The second kappa shape index (κ2) is 8.54. The van der Waals surface area contributed by atoms with Gasteiger partial charge in [0.1, 0.15) is 0 Å². The van der Waals surface area contributed by atoms with E-state index in [0.29, 0.717) is 19.6 Å². The quantitative estimate of drug-likeness (QED) is 0.736. The number of likely N-dealkylation sites (tertiary alicyclic amines) is 1. The van der Waals surface area contributed by atoms with Gasteiger partial charge in [0.25, 0.3) is 0 Å². The number of carbonyl (C=O) groups excluding carboxylic acids is 2. The molecular formula is C17H25N3O2. The summed E-state index contributed by atoms with van der Waals surface area (Å²) in [6.07, 6.45) is 3.66. The summed E-state index contributed by atoms with van der Waals surface area (Å²) in [4.78, 5) is 25.2. The molecule has 120 valence electrons. The van der Waals surface area contributed by atoms with Gasteiger partial charge in [0.15, 0.2) is 0 Å². The van der Waals surface area contributed by atoms with Gasteiger partial charge in [-0.3, -0.25) is 14.5 Å². The Balaban J connectivity index is 1.62. The maximum absolute atomic E-state index is 11.9. The Kier molecular flexibility index (Phi) is 6.40. The Morgan fingerprint density at radius 2 is 2.05 bits per heavy atom. The third-order valence-electron chi connectivity index (χ3n) is 4.08. The largest absolute Gasteiger partial charge is 0.369 e. The van der Waals surface area contributed by atoms with E-state index >= 15 is 0 Å². The second-order valence-corrected chi connectivity index (χ2v) is 5.92. The van der Waals surface area contributed by atoms with E-state index in [-0.39, 0.29) is 17.7 Å². The first-order valence-electron chi connectivity index (χ1n) is 7.97. The number of benzene rings is 1. The van der Waals surface area contributed by atoms with E-state index in [1.807, 2.05) is 23.1 Å². The van der Waals surface area contributed by atoms with Crippen LogP contribution in [-0.4, -0.2) is 42.9 Å². The third-order valence-corrected chi connectivity index (χ3v) is 4.08. The standard InChI is InChI=1S/C17H25N3O2/c18-17(22)15-9-5-11-20(12-15)13-16(21)19-10-4-8-14-6-2-1-3-7-14/h1-3,6-7,15H,4-5,8-13H2,(H2,18,22)(H,19,21)/t15-/m0/s1. The molecule has 1 aliphatic heterocycles. The van der Waals surface area contributed by atoms with Gasteiger partial charge in [-0.15, -0.1) is 0 Å². The van der Waals surface area contributed by atoms with Crippen LogP contribution in [0.25, 0.3) is 0 Å². The minimum Gasteiger partial charge on any atom is -0.369 e. The minimum absolute atomic E-state index is 0.0261. The number of amides is 2. The average Bonchev–Trinajstić information content (AvgIpc) is 2.53. The van der Waals surface area contributed by atoms with E-state index < -0.39 is 0 Å². The number of primary amides is 1. The number of hydrogen-bond donors (Lipinski definition) is 2. The van der Waals surface area contributed by atoms with E-state index in [9.17, 15) is 9.59 Å². The Labute approximate surface area is 131 Å². The van der Waals surface area contributed by atoms with Crippen LogP contribution in [-0.2, 0) is 16.0 Å². The summed E-state index contributed by atoms with van der Waals surface area (Å²) in [6, 6.07) is 10.3. The Hall–Kier alpha value is -1.88. The summed E-state index contributed by atoms with van der Waals surface area (Å²) < 4.78 is 0. The van der Waals surface area contributed by atoms with Crippen molar-refractivity contribution in [2.75, 3.05) is 26.2 Å². The SMILES string of the molecule is NC(=O)[C@H]1CCCN(CC(=O)NCCCc2ccccc2)C1. The van der Waals surface area contributed by atoms with Crippen LogP contribution in [0.4, 0.5) is 0 Å². The van der Waals surface area contributed by atoms with E-state index in [2.05, 4.69) is 17.4 Å². The summed E-state index contributed by atoms with van der Waals surface area (Å²) in [6.45, 7) is 2.50. The van der Waals surface area contributed by atoms with Crippen molar-refractivity contribution >= 4 is 11.8 Å². The van der Waals surface area contributed by atoms with Gasteiger partial charge in [0.2, 0.25) is 11.8 Å². The predicted molar refractivity (Wildman–Crippen MR) is 86.1 cm³/mol. The van der Waals surface area contributed by atoms with Gasteiger partial charge < -0.3 is 11.1 Å². The zero-order chi connectivity index (χ0) is 15.8. The highest BCUT2D eigenvalue weighted by atomic mass is 16.2. The second-order valence-electron chi connectivity index (χ2n) is 5.92. The number of nitrogens with zero attached hydrogens (tertiary/aromatic N) is 1. The van der Waals surface area contributed by atoms with Crippen molar-refractivity contribution in [3.05, 3.63) is 35.9 Å². The first-order valence-corrected chi connectivity index (χ1v) is 7.97. The van der Waals surface area contributed by atoms with Crippen LogP contribution in [0.1, 0.15) is 24.8 Å². The Morgan fingerprint density at radius 1 is 1.27 bits per heavy atom. The molecule has 1 atom stereocenters. The highest BCUT2D eigenvalue weighted by Crippen LogP contribution is 2.15. The van der Waals surface area contributed by atoms with Crippen molar-refractivity contribution in [2.45, 2.75) is 25.7 Å². The first kappa shape index (κ1) is 16.5. The van der Waals surface area contributed by atoms with Crippen molar-refractivity contribution < 1.29 is 9.59 Å². The lowest BCUT2D eigenvalue weighted by Gasteiger charge is -2.30. The summed E-state index contributed by atoms with van der Waals surface area (Å²) >= 11 is 0. The van der Waals surface area contributed by atoms with Crippen LogP contribution in [0, 0.1) is 5.92 Å². The summed E-state index contributed by atoms with van der Waals surface area (Å²) in [7, 11) is 0. The van der Waals surface area contributed by atoms with Gasteiger partial charge in [-0.05, 0) is 37.8 Å². The molecule has 1 heterocycles. The van der Waals surface area contributed by atoms with Crippen molar-refractivity contribution in [3.63, 3.8) is 0 Å². The summed E-state index contributed by atoms with van der Waals surface area (Å²) in [5.74, 6) is -0.342. The number of rotatable bonds is 7. The molecule has 2 amide bonds. The number of nitrogens with one attached hydrogen (secondary N) is 1.